The summed E-state index contributed by atoms with van der Waals surface area (Å²) in [5.74, 6) is 6.06. The molecule has 0 bridgehead atoms. The smallest absolute Gasteiger partial charge is 0.0563 e. The van der Waals surface area contributed by atoms with Gasteiger partial charge in [-0.25, -0.2) is 0 Å². The maximum absolute atomic E-state index is 5.97. The third kappa shape index (κ3) is 2.62. The normalized spacial score (nSPS) is 9.13. The van der Waals surface area contributed by atoms with Crippen LogP contribution in [0.4, 0.5) is 0 Å². The summed E-state index contributed by atoms with van der Waals surface area (Å²) in [7, 11) is 0. The second-order valence-electron chi connectivity index (χ2n) is 3.02. The minimum absolute atomic E-state index is 0.664. The third-order valence-electron chi connectivity index (χ3n) is 1.93. The Bertz CT molecular complexity index is 504. The molecule has 0 atom stereocenters. The summed E-state index contributed by atoms with van der Waals surface area (Å²) in [5, 5.41) is 0.664. The van der Waals surface area contributed by atoms with Crippen LogP contribution in [0.25, 0.3) is 0 Å². The lowest BCUT2D eigenvalue weighted by Crippen LogP contribution is -1.76. The first-order valence-corrected chi connectivity index (χ1v) is 4.97. The van der Waals surface area contributed by atoms with E-state index in [4.69, 9.17) is 11.6 Å². The van der Waals surface area contributed by atoms with Crippen LogP contribution in [0.1, 0.15) is 11.1 Å². The van der Waals surface area contributed by atoms with Crippen LogP contribution in [0.3, 0.4) is 0 Å². The maximum atomic E-state index is 5.97. The van der Waals surface area contributed by atoms with Gasteiger partial charge in [0, 0.05) is 11.1 Å². The average Bonchev–Trinajstić information content (AvgIpc) is 2.29. The van der Waals surface area contributed by atoms with Gasteiger partial charge in [-0.1, -0.05) is 47.7 Å². The zero-order valence-corrected chi connectivity index (χ0v) is 8.75. The standard InChI is InChI=1S/C14H8Cl/c15-14-9-5-4-8-13(14)11-10-12-6-2-1-3-7-12/h1-3,5-9H. The van der Waals surface area contributed by atoms with Crippen molar-refractivity contribution >= 4 is 11.6 Å². The van der Waals surface area contributed by atoms with E-state index in [2.05, 4.69) is 17.9 Å². The molecular weight excluding hydrogens is 204 g/mol. The van der Waals surface area contributed by atoms with E-state index in [9.17, 15) is 0 Å². The topological polar surface area (TPSA) is 0 Å². The molecule has 0 aliphatic carbocycles. The molecule has 1 heteroatoms. The highest BCUT2D eigenvalue weighted by atomic mass is 35.5. The van der Waals surface area contributed by atoms with Crippen molar-refractivity contribution in [2.75, 3.05) is 0 Å². The Hall–Kier alpha value is -1.71. The van der Waals surface area contributed by atoms with Gasteiger partial charge in [0.05, 0.1) is 5.02 Å². The molecule has 0 heterocycles. The summed E-state index contributed by atoms with van der Waals surface area (Å²) in [6.45, 7) is 0. The SMILES string of the molecule is Clc1cc[c]cc1C#Cc1ccccc1. The van der Waals surface area contributed by atoms with Gasteiger partial charge in [-0.15, -0.1) is 0 Å². The van der Waals surface area contributed by atoms with Crippen molar-refractivity contribution in [2.24, 2.45) is 0 Å². The third-order valence-corrected chi connectivity index (χ3v) is 2.26. The molecule has 0 spiro atoms. The van der Waals surface area contributed by atoms with Crippen LogP contribution < -0.4 is 0 Å². The van der Waals surface area contributed by atoms with Crippen molar-refractivity contribution in [1.29, 1.82) is 0 Å². The van der Waals surface area contributed by atoms with E-state index in [-0.39, 0.29) is 0 Å². The highest BCUT2D eigenvalue weighted by molar-refractivity contribution is 6.31. The molecule has 0 saturated heterocycles. The van der Waals surface area contributed by atoms with Gasteiger partial charge in [-0.05, 0) is 30.3 Å². The Morgan fingerprint density at radius 2 is 1.80 bits per heavy atom. The first-order chi connectivity index (χ1) is 7.36. The number of hydrogen-bond donors (Lipinski definition) is 0. The molecule has 0 aliphatic heterocycles. The summed E-state index contributed by atoms with van der Waals surface area (Å²) in [5.41, 5.74) is 1.79. The highest BCUT2D eigenvalue weighted by Gasteiger charge is 1.92. The van der Waals surface area contributed by atoms with Crippen molar-refractivity contribution in [3.63, 3.8) is 0 Å². The Labute approximate surface area is 94.5 Å². The molecule has 71 valence electrons. The van der Waals surface area contributed by atoms with Crippen molar-refractivity contribution < 1.29 is 0 Å². The van der Waals surface area contributed by atoms with Crippen molar-refractivity contribution in [1.82, 2.24) is 0 Å². The van der Waals surface area contributed by atoms with E-state index in [1.807, 2.05) is 30.3 Å². The van der Waals surface area contributed by atoms with Gasteiger partial charge in [-0.2, -0.15) is 0 Å². The Kier molecular flexibility index (Phi) is 3.07. The van der Waals surface area contributed by atoms with E-state index < -0.39 is 0 Å². The highest BCUT2D eigenvalue weighted by Crippen LogP contribution is 2.12. The van der Waals surface area contributed by atoms with E-state index >= 15 is 0 Å². The number of halogens is 1. The summed E-state index contributed by atoms with van der Waals surface area (Å²) in [6.07, 6.45) is 0. The fourth-order valence-corrected chi connectivity index (χ4v) is 1.33. The van der Waals surface area contributed by atoms with E-state index in [1.165, 1.54) is 0 Å². The summed E-state index contributed by atoms with van der Waals surface area (Å²) in [4.78, 5) is 0. The molecule has 0 saturated carbocycles. The first-order valence-electron chi connectivity index (χ1n) is 4.59. The summed E-state index contributed by atoms with van der Waals surface area (Å²) in [6, 6.07) is 18.1. The Balaban J connectivity index is 2.31. The molecule has 0 nitrogen and oxygen atoms in total. The lowest BCUT2D eigenvalue weighted by molar-refractivity contribution is 1.61. The van der Waals surface area contributed by atoms with Crippen LogP contribution in [0.2, 0.25) is 5.02 Å². The lowest BCUT2D eigenvalue weighted by Gasteiger charge is -1.92. The molecule has 2 aromatic carbocycles. The van der Waals surface area contributed by atoms with Gasteiger partial charge in [0.1, 0.15) is 0 Å². The van der Waals surface area contributed by atoms with Crippen molar-refractivity contribution in [2.45, 2.75) is 0 Å². The monoisotopic (exact) mass is 211 g/mol. The van der Waals surface area contributed by atoms with Gasteiger partial charge in [0.2, 0.25) is 0 Å². The molecule has 15 heavy (non-hydrogen) atoms. The molecule has 0 amide bonds. The van der Waals surface area contributed by atoms with Crippen molar-refractivity contribution in [3.8, 4) is 11.8 Å². The fourth-order valence-electron chi connectivity index (χ4n) is 1.17. The van der Waals surface area contributed by atoms with Crippen LogP contribution in [-0.2, 0) is 0 Å². The first kappa shape index (κ1) is 9.83. The van der Waals surface area contributed by atoms with E-state index in [1.54, 1.807) is 18.2 Å². The van der Waals surface area contributed by atoms with Crippen LogP contribution in [0.15, 0.2) is 48.5 Å². The number of rotatable bonds is 0. The van der Waals surface area contributed by atoms with Crippen LogP contribution in [-0.4, -0.2) is 0 Å². The van der Waals surface area contributed by atoms with Crippen LogP contribution >= 0.6 is 11.6 Å². The van der Waals surface area contributed by atoms with Crippen LogP contribution in [0.5, 0.6) is 0 Å². The minimum atomic E-state index is 0.664. The molecule has 2 rings (SSSR count). The molecule has 1 radical (unpaired) electrons. The summed E-state index contributed by atoms with van der Waals surface area (Å²) < 4.78 is 0. The zero-order chi connectivity index (χ0) is 10.5. The quantitative estimate of drug-likeness (QED) is 0.585. The molecule has 0 fully saturated rings. The number of benzene rings is 2. The van der Waals surface area contributed by atoms with E-state index in [0.29, 0.717) is 5.02 Å². The largest absolute Gasteiger partial charge is 0.0830 e. The Morgan fingerprint density at radius 3 is 2.53 bits per heavy atom. The fraction of sp³-hybridized carbons (Fsp3) is 0. The van der Waals surface area contributed by atoms with Crippen molar-refractivity contribution in [3.05, 3.63) is 70.7 Å². The van der Waals surface area contributed by atoms with Crippen LogP contribution in [0, 0.1) is 17.9 Å². The minimum Gasteiger partial charge on any atom is -0.0830 e. The number of hydrogen-bond acceptors (Lipinski definition) is 0. The zero-order valence-electron chi connectivity index (χ0n) is 8.00. The van der Waals surface area contributed by atoms with Gasteiger partial charge in [-0.3, -0.25) is 0 Å². The molecule has 0 aliphatic rings. The molecule has 2 aromatic rings. The van der Waals surface area contributed by atoms with Gasteiger partial charge < -0.3 is 0 Å². The van der Waals surface area contributed by atoms with Gasteiger partial charge >= 0.3 is 0 Å². The van der Waals surface area contributed by atoms with E-state index in [0.717, 1.165) is 11.1 Å². The summed E-state index contributed by atoms with van der Waals surface area (Å²) >= 11 is 5.97. The molecular formula is C14H8Cl. The average molecular weight is 212 g/mol. The molecule has 0 unspecified atom stereocenters. The predicted molar refractivity (Wildman–Crippen MR) is 62.7 cm³/mol. The maximum Gasteiger partial charge on any atom is 0.0563 e. The van der Waals surface area contributed by atoms with Gasteiger partial charge in [0.15, 0.2) is 0 Å². The second-order valence-corrected chi connectivity index (χ2v) is 3.43. The Morgan fingerprint density at radius 1 is 1.00 bits per heavy atom. The molecule has 0 N–H and O–H groups in total. The predicted octanol–water partition coefficient (Wildman–Crippen LogP) is 3.54. The molecule has 0 aromatic heterocycles. The lowest BCUT2D eigenvalue weighted by atomic mass is 10.2. The van der Waals surface area contributed by atoms with Gasteiger partial charge in [0.25, 0.3) is 0 Å². The second kappa shape index (κ2) is 4.68.